The van der Waals surface area contributed by atoms with E-state index in [2.05, 4.69) is 25.2 Å². The number of hydrogen-bond acceptors (Lipinski definition) is 2. The van der Waals surface area contributed by atoms with Gasteiger partial charge in [-0.2, -0.15) is 0 Å². The fourth-order valence-electron chi connectivity index (χ4n) is 3.91. The molecule has 0 radical (unpaired) electrons. The summed E-state index contributed by atoms with van der Waals surface area (Å²) in [6.07, 6.45) is 2.64. The fraction of sp³-hybridized carbons (Fsp3) is 0.391. The van der Waals surface area contributed by atoms with E-state index in [4.69, 9.17) is 0 Å². The Morgan fingerprint density at radius 1 is 1.04 bits per heavy atom. The first-order valence-corrected chi connectivity index (χ1v) is 9.84. The molecule has 0 saturated heterocycles. The van der Waals surface area contributed by atoms with Crippen molar-refractivity contribution >= 4 is 23.2 Å². The number of nitrogens with zero attached hydrogens (tertiary/aromatic N) is 1. The van der Waals surface area contributed by atoms with Crippen molar-refractivity contribution in [1.29, 1.82) is 0 Å². The molecule has 1 aliphatic heterocycles. The van der Waals surface area contributed by atoms with Crippen LogP contribution in [0, 0.1) is 11.8 Å². The van der Waals surface area contributed by atoms with Gasteiger partial charge in [0, 0.05) is 17.9 Å². The number of fused-ring (bicyclic) bond motifs is 1. The van der Waals surface area contributed by atoms with Gasteiger partial charge >= 0.3 is 0 Å². The molecule has 27 heavy (non-hydrogen) atoms. The number of anilines is 2. The highest BCUT2D eigenvalue weighted by molar-refractivity contribution is 6.04. The van der Waals surface area contributed by atoms with E-state index in [0.29, 0.717) is 12.3 Å². The van der Waals surface area contributed by atoms with Crippen LogP contribution >= 0.6 is 0 Å². The number of aryl methyl sites for hydroxylation is 1. The van der Waals surface area contributed by atoms with Crippen LogP contribution in [0.15, 0.2) is 48.5 Å². The number of nitrogens with one attached hydrogen (secondary N) is 1. The van der Waals surface area contributed by atoms with Gasteiger partial charge in [-0.3, -0.25) is 9.59 Å². The van der Waals surface area contributed by atoms with E-state index in [9.17, 15) is 9.59 Å². The molecule has 1 heterocycles. The normalized spacial score (nSPS) is 20.9. The van der Waals surface area contributed by atoms with Gasteiger partial charge in [-0.25, -0.2) is 0 Å². The van der Waals surface area contributed by atoms with Gasteiger partial charge in [0.15, 0.2) is 0 Å². The minimum absolute atomic E-state index is 0.0454. The van der Waals surface area contributed by atoms with E-state index < -0.39 is 0 Å². The van der Waals surface area contributed by atoms with Gasteiger partial charge in [0.05, 0.1) is 11.8 Å². The van der Waals surface area contributed by atoms with Gasteiger partial charge in [-0.1, -0.05) is 44.2 Å². The van der Waals surface area contributed by atoms with E-state index in [-0.39, 0.29) is 23.7 Å². The Morgan fingerprint density at radius 3 is 2.52 bits per heavy atom. The predicted octanol–water partition coefficient (Wildman–Crippen LogP) is 4.36. The Morgan fingerprint density at radius 2 is 1.78 bits per heavy atom. The third kappa shape index (κ3) is 3.61. The standard InChI is InChI=1S/C23H26N2O2/c1-15(2)16-9-11-18(12-10-16)24-22(26)19-14-20(19)23(27)25-13-5-7-17-6-3-4-8-21(17)25/h3-4,6,8-12,15,19-20H,5,7,13-14H2,1-2H3,(H,24,26). The summed E-state index contributed by atoms with van der Waals surface area (Å²) in [4.78, 5) is 27.4. The molecule has 2 aromatic carbocycles. The zero-order chi connectivity index (χ0) is 19.0. The SMILES string of the molecule is CC(C)c1ccc(NC(=O)C2CC2C(=O)N2CCCc3ccccc32)cc1. The number of carbonyl (C=O) groups is 2. The Kier molecular flexibility index (Phi) is 4.73. The van der Waals surface area contributed by atoms with Gasteiger partial charge in [-0.05, 0) is 54.5 Å². The van der Waals surface area contributed by atoms with E-state index >= 15 is 0 Å². The molecule has 1 saturated carbocycles. The molecule has 0 bridgehead atoms. The summed E-state index contributed by atoms with van der Waals surface area (Å²) in [5.74, 6) is 0.114. The number of benzene rings is 2. The monoisotopic (exact) mass is 362 g/mol. The molecule has 1 fully saturated rings. The molecule has 1 N–H and O–H groups in total. The Labute approximate surface area is 160 Å². The number of amides is 2. The maximum Gasteiger partial charge on any atom is 0.230 e. The third-order valence-electron chi connectivity index (χ3n) is 5.67. The lowest BCUT2D eigenvalue weighted by atomic mass is 10.0. The minimum atomic E-state index is -0.212. The van der Waals surface area contributed by atoms with Crippen LogP contribution in [-0.4, -0.2) is 18.4 Å². The molecule has 2 aliphatic rings. The second-order valence-electron chi connectivity index (χ2n) is 7.94. The Hall–Kier alpha value is -2.62. The topological polar surface area (TPSA) is 49.4 Å². The maximum absolute atomic E-state index is 13.0. The lowest BCUT2D eigenvalue weighted by Crippen LogP contribution is -2.37. The summed E-state index contributed by atoms with van der Waals surface area (Å²) in [5, 5.41) is 2.97. The highest BCUT2D eigenvalue weighted by Crippen LogP contribution is 2.42. The highest BCUT2D eigenvalue weighted by Gasteiger charge is 2.50. The number of rotatable bonds is 4. The van der Waals surface area contributed by atoms with Crippen LogP contribution in [0.1, 0.15) is 43.7 Å². The molecule has 1 aliphatic carbocycles. The molecule has 2 amide bonds. The van der Waals surface area contributed by atoms with E-state index in [0.717, 1.165) is 30.8 Å². The first-order chi connectivity index (χ1) is 13.0. The Balaban J connectivity index is 1.39. The molecule has 4 nitrogen and oxygen atoms in total. The average Bonchev–Trinajstić information content (AvgIpc) is 3.48. The van der Waals surface area contributed by atoms with Gasteiger partial charge in [-0.15, -0.1) is 0 Å². The second kappa shape index (κ2) is 7.18. The van der Waals surface area contributed by atoms with Crippen LogP contribution in [0.4, 0.5) is 11.4 Å². The van der Waals surface area contributed by atoms with Gasteiger partial charge in [0.25, 0.3) is 0 Å². The zero-order valence-electron chi connectivity index (χ0n) is 15.9. The smallest absolute Gasteiger partial charge is 0.230 e. The van der Waals surface area contributed by atoms with Crippen molar-refractivity contribution in [1.82, 2.24) is 0 Å². The van der Waals surface area contributed by atoms with Gasteiger partial charge in [0.2, 0.25) is 11.8 Å². The van der Waals surface area contributed by atoms with E-state index in [1.54, 1.807) is 0 Å². The summed E-state index contributed by atoms with van der Waals surface area (Å²) >= 11 is 0. The van der Waals surface area contributed by atoms with E-state index in [1.165, 1.54) is 11.1 Å². The van der Waals surface area contributed by atoms with E-state index in [1.807, 2.05) is 47.4 Å². The lowest BCUT2D eigenvalue weighted by molar-refractivity contribution is -0.123. The number of hydrogen-bond donors (Lipinski definition) is 1. The first-order valence-electron chi connectivity index (χ1n) is 9.84. The Bertz CT molecular complexity index is 857. The highest BCUT2D eigenvalue weighted by atomic mass is 16.2. The van der Waals surface area contributed by atoms with Crippen molar-refractivity contribution < 1.29 is 9.59 Å². The van der Waals surface area contributed by atoms with Crippen LogP contribution in [0.25, 0.3) is 0 Å². The summed E-state index contributed by atoms with van der Waals surface area (Å²) in [6.45, 7) is 5.04. The summed E-state index contributed by atoms with van der Waals surface area (Å²) < 4.78 is 0. The second-order valence-corrected chi connectivity index (χ2v) is 7.94. The number of para-hydroxylation sites is 1. The van der Waals surface area contributed by atoms with Crippen LogP contribution in [0.3, 0.4) is 0 Å². The summed E-state index contributed by atoms with van der Waals surface area (Å²) in [6, 6.07) is 16.1. The molecular formula is C23H26N2O2. The van der Waals surface area contributed by atoms with Crippen molar-refractivity contribution in [3.63, 3.8) is 0 Å². The zero-order valence-corrected chi connectivity index (χ0v) is 15.9. The van der Waals surface area contributed by atoms with Crippen LogP contribution < -0.4 is 10.2 Å². The minimum Gasteiger partial charge on any atom is -0.326 e. The van der Waals surface area contributed by atoms with Crippen LogP contribution in [-0.2, 0) is 16.0 Å². The maximum atomic E-state index is 13.0. The molecule has 2 atom stereocenters. The quantitative estimate of drug-likeness (QED) is 0.878. The number of carbonyl (C=O) groups excluding carboxylic acids is 2. The molecule has 0 aromatic heterocycles. The van der Waals surface area contributed by atoms with Crippen LogP contribution in [0.2, 0.25) is 0 Å². The third-order valence-corrected chi connectivity index (χ3v) is 5.67. The molecule has 2 aromatic rings. The van der Waals surface area contributed by atoms with Crippen molar-refractivity contribution in [2.24, 2.45) is 11.8 Å². The average molecular weight is 362 g/mol. The van der Waals surface area contributed by atoms with Gasteiger partial charge < -0.3 is 10.2 Å². The molecule has 0 spiro atoms. The molecule has 4 rings (SSSR count). The van der Waals surface area contributed by atoms with Crippen molar-refractivity contribution in [2.45, 2.75) is 39.0 Å². The lowest BCUT2D eigenvalue weighted by Gasteiger charge is -2.29. The molecule has 4 heteroatoms. The van der Waals surface area contributed by atoms with Crippen LogP contribution in [0.5, 0.6) is 0 Å². The van der Waals surface area contributed by atoms with Crippen molar-refractivity contribution in [3.8, 4) is 0 Å². The van der Waals surface area contributed by atoms with Crippen molar-refractivity contribution in [3.05, 3.63) is 59.7 Å². The van der Waals surface area contributed by atoms with Gasteiger partial charge in [0.1, 0.15) is 0 Å². The fourth-order valence-corrected chi connectivity index (χ4v) is 3.91. The van der Waals surface area contributed by atoms with Crippen molar-refractivity contribution in [2.75, 3.05) is 16.8 Å². The molecule has 140 valence electrons. The first kappa shape index (κ1) is 17.8. The summed E-state index contributed by atoms with van der Waals surface area (Å²) in [5.41, 5.74) is 4.29. The summed E-state index contributed by atoms with van der Waals surface area (Å²) in [7, 11) is 0. The molecule has 2 unspecified atom stereocenters. The largest absolute Gasteiger partial charge is 0.326 e. The molecular weight excluding hydrogens is 336 g/mol. The predicted molar refractivity (Wildman–Crippen MR) is 108 cm³/mol.